The standard InChI is InChI=1S/C55H44N4O/c1-55(2,3)48-36-43(32-33-44(48)37-18-8-4-9-19-37)59(41-24-14-7-15-25-41)42-30-28-38(29-31-42)45-34-35-47(51-50(45)46-26-16-17-27-49(46)60-51)54-57-52(39-20-10-5-11-21-39)56-53(58-54)40-22-12-6-13-23-40/h4-28,30,32-36H,29,31H2,1-3H3. The summed E-state index contributed by atoms with van der Waals surface area (Å²) in [6, 6.07) is 61.3. The molecule has 0 saturated heterocycles. The van der Waals surface area contributed by atoms with Crippen LogP contribution >= 0.6 is 0 Å². The van der Waals surface area contributed by atoms with Crippen LogP contribution in [-0.2, 0) is 5.41 Å². The molecule has 1 aliphatic carbocycles. The molecule has 5 heteroatoms. The van der Waals surface area contributed by atoms with E-state index in [0.717, 1.165) is 68.4 Å². The maximum atomic E-state index is 6.76. The Morgan fingerprint density at radius 2 is 1.03 bits per heavy atom. The lowest BCUT2D eigenvalue weighted by molar-refractivity contribution is 0.592. The summed E-state index contributed by atoms with van der Waals surface area (Å²) in [4.78, 5) is 17.5. The molecule has 0 amide bonds. The van der Waals surface area contributed by atoms with Crippen molar-refractivity contribution < 1.29 is 4.42 Å². The van der Waals surface area contributed by atoms with Gasteiger partial charge in [0.05, 0.1) is 5.56 Å². The summed E-state index contributed by atoms with van der Waals surface area (Å²) < 4.78 is 6.76. The third kappa shape index (κ3) is 6.98. The monoisotopic (exact) mass is 776 g/mol. The highest BCUT2D eigenvalue weighted by molar-refractivity contribution is 6.14. The van der Waals surface area contributed by atoms with E-state index in [0.29, 0.717) is 17.5 Å². The summed E-state index contributed by atoms with van der Waals surface area (Å²) in [6.45, 7) is 6.91. The molecule has 0 atom stereocenters. The first-order valence-electron chi connectivity index (χ1n) is 20.7. The largest absolute Gasteiger partial charge is 0.455 e. The summed E-state index contributed by atoms with van der Waals surface area (Å²) in [5.74, 6) is 1.81. The second-order valence-corrected chi connectivity index (χ2v) is 16.4. The van der Waals surface area contributed by atoms with Crippen LogP contribution in [0.2, 0.25) is 0 Å². The van der Waals surface area contributed by atoms with Crippen LogP contribution in [0.25, 0.3) is 72.8 Å². The minimum Gasteiger partial charge on any atom is -0.455 e. The van der Waals surface area contributed by atoms with E-state index in [2.05, 4.69) is 141 Å². The van der Waals surface area contributed by atoms with Crippen molar-refractivity contribution >= 4 is 38.9 Å². The molecule has 10 rings (SSSR count). The summed E-state index contributed by atoms with van der Waals surface area (Å²) in [6.07, 6.45) is 6.33. The zero-order valence-corrected chi connectivity index (χ0v) is 34.0. The molecule has 2 heterocycles. The van der Waals surface area contributed by atoms with Gasteiger partial charge in [0.2, 0.25) is 0 Å². The molecular formula is C55H44N4O. The third-order valence-electron chi connectivity index (χ3n) is 11.4. The Labute approximate surface area is 351 Å². The molecule has 0 unspecified atom stereocenters. The number of para-hydroxylation sites is 2. The molecule has 0 fully saturated rings. The van der Waals surface area contributed by atoms with Crippen LogP contribution in [0.5, 0.6) is 0 Å². The molecule has 0 bridgehead atoms. The van der Waals surface area contributed by atoms with Gasteiger partial charge in [-0.3, -0.25) is 0 Å². The molecule has 0 saturated carbocycles. The Hall–Kier alpha value is -7.37. The topological polar surface area (TPSA) is 55.1 Å². The summed E-state index contributed by atoms with van der Waals surface area (Å²) >= 11 is 0. The predicted octanol–water partition coefficient (Wildman–Crippen LogP) is 14.6. The van der Waals surface area contributed by atoms with Gasteiger partial charge in [0, 0.05) is 39.0 Å². The fourth-order valence-corrected chi connectivity index (χ4v) is 8.46. The lowest BCUT2D eigenvalue weighted by atomic mass is 9.81. The summed E-state index contributed by atoms with van der Waals surface area (Å²) in [5, 5.41) is 2.14. The highest BCUT2D eigenvalue weighted by atomic mass is 16.3. The minimum atomic E-state index is -0.0595. The zero-order chi connectivity index (χ0) is 40.6. The van der Waals surface area contributed by atoms with E-state index in [4.69, 9.17) is 19.4 Å². The summed E-state index contributed by atoms with van der Waals surface area (Å²) in [7, 11) is 0. The molecule has 7 aromatic carbocycles. The Bertz CT molecular complexity index is 2990. The molecule has 60 heavy (non-hydrogen) atoms. The molecule has 2 aromatic heterocycles. The first kappa shape index (κ1) is 36.9. The Balaban J connectivity index is 1.10. The third-order valence-corrected chi connectivity index (χ3v) is 11.4. The van der Waals surface area contributed by atoms with Crippen molar-refractivity contribution in [2.24, 2.45) is 0 Å². The van der Waals surface area contributed by atoms with E-state index in [1.54, 1.807) is 0 Å². The number of aromatic nitrogens is 3. The van der Waals surface area contributed by atoms with Crippen LogP contribution in [0.1, 0.15) is 44.7 Å². The van der Waals surface area contributed by atoms with Crippen molar-refractivity contribution in [1.82, 2.24) is 15.0 Å². The summed E-state index contributed by atoms with van der Waals surface area (Å²) in [5.41, 5.74) is 14.0. The van der Waals surface area contributed by atoms with Crippen molar-refractivity contribution in [3.8, 4) is 45.3 Å². The minimum absolute atomic E-state index is 0.0595. The van der Waals surface area contributed by atoms with Gasteiger partial charge in [-0.1, -0.05) is 166 Å². The molecule has 290 valence electrons. The number of allylic oxidation sites excluding steroid dienone is 4. The van der Waals surface area contributed by atoms with Crippen LogP contribution in [0.3, 0.4) is 0 Å². The molecular weight excluding hydrogens is 733 g/mol. The van der Waals surface area contributed by atoms with E-state index < -0.39 is 0 Å². The molecule has 5 nitrogen and oxygen atoms in total. The number of benzene rings is 7. The fourth-order valence-electron chi connectivity index (χ4n) is 8.46. The van der Waals surface area contributed by atoms with Crippen LogP contribution in [0, 0.1) is 0 Å². The Kier molecular flexibility index (Phi) is 9.50. The lowest BCUT2D eigenvalue weighted by Crippen LogP contribution is -2.20. The van der Waals surface area contributed by atoms with Crippen molar-refractivity contribution in [3.05, 3.63) is 205 Å². The number of furan rings is 1. The molecule has 0 aliphatic heterocycles. The second-order valence-electron chi connectivity index (χ2n) is 16.4. The van der Waals surface area contributed by atoms with Gasteiger partial charge in [-0.05, 0) is 88.6 Å². The number of anilines is 2. The van der Waals surface area contributed by atoms with Gasteiger partial charge in [0.25, 0.3) is 0 Å². The van der Waals surface area contributed by atoms with Crippen LogP contribution in [0.15, 0.2) is 198 Å². The SMILES string of the molecule is CC(C)(C)c1cc(N(C2=CC=C(c3ccc(-c4nc(-c5ccccc5)nc(-c5ccccc5)n4)c4oc5ccccc5c34)CC2)c2ccccc2)ccc1-c1ccccc1. The van der Waals surface area contributed by atoms with Gasteiger partial charge in [-0.25, -0.2) is 15.0 Å². The number of fused-ring (bicyclic) bond motifs is 3. The molecule has 9 aromatic rings. The number of hydrogen-bond acceptors (Lipinski definition) is 5. The average Bonchev–Trinajstić information content (AvgIpc) is 3.70. The molecule has 0 N–H and O–H groups in total. The first-order valence-corrected chi connectivity index (χ1v) is 20.7. The van der Waals surface area contributed by atoms with E-state index in [-0.39, 0.29) is 5.41 Å². The zero-order valence-electron chi connectivity index (χ0n) is 34.0. The highest BCUT2D eigenvalue weighted by Gasteiger charge is 2.26. The quantitative estimate of drug-likeness (QED) is 0.154. The predicted molar refractivity (Wildman–Crippen MR) is 248 cm³/mol. The average molecular weight is 777 g/mol. The van der Waals surface area contributed by atoms with Crippen molar-refractivity contribution in [2.75, 3.05) is 4.90 Å². The van der Waals surface area contributed by atoms with Crippen LogP contribution < -0.4 is 4.90 Å². The fraction of sp³-hybridized carbons (Fsp3) is 0.109. The normalized spacial score (nSPS) is 13.0. The van der Waals surface area contributed by atoms with E-state index in [9.17, 15) is 0 Å². The highest BCUT2D eigenvalue weighted by Crippen LogP contribution is 2.44. The molecule has 0 spiro atoms. The van der Waals surface area contributed by atoms with Crippen molar-refractivity contribution in [1.29, 1.82) is 0 Å². The first-order chi connectivity index (χ1) is 29.4. The number of nitrogens with zero attached hydrogens (tertiary/aromatic N) is 4. The van der Waals surface area contributed by atoms with E-state index in [1.165, 1.54) is 28.0 Å². The maximum Gasteiger partial charge on any atom is 0.167 e. The number of rotatable bonds is 8. The van der Waals surface area contributed by atoms with Gasteiger partial charge in [-0.15, -0.1) is 0 Å². The Morgan fingerprint density at radius 1 is 0.483 bits per heavy atom. The van der Waals surface area contributed by atoms with Crippen molar-refractivity contribution in [3.63, 3.8) is 0 Å². The second kappa shape index (κ2) is 15.4. The van der Waals surface area contributed by atoms with Gasteiger partial charge in [-0.2, -0.15) is 0 Å². The molecule has 1 aliphatic rings. The molecule has 0 radical (unpaired) electrons. The van der Waals surface area contributed by atoms with Gasteiger partial charge < -0.3 is 9.32 Å². The number of hydrogen-bond donors (Lipinski definition) is 0. The van der Waals surface area contributed by atoms with Gasteiger partial charge >= 0.3 is 0 Å². The van der Waals surface area contributed by atoms with Crippen LogP contribution in [0.4, 0.5) is 11.4 Å². The van der Waals surface area contributed by atoms with Crippen molar-refractivity contribution in [2.45, 2.75) is 39.0 Å². The maximum absolute atomic E-state index is 6.76. The van der Waals surface area contributed by atoms with Gasteiger partial charge in [0.15, 0.2) is 17.5 Å². The van der Waals surface area contributed by atoms with E-state index in [1.807, 2.05) is 72.8 Å². The smallest absolute Gasteiger partial charge is 0.167 e. The van der Waals surface area contributed by atoms with Gasteiger partial charge in [0.1, 0.15) is 11.2 Å². The van der Waals surface area contributed by atoms with E-state index >= 15 is 0 Å². The van der Waals surface area contributed by atoms with Crippen LogP contribution in [-0.4, -0.2) is 15.0 Å². The lowest BCUT2D eigenvalue weighted by Gasteiger charge is -2.32. The Morgan fingerprint density at radius 3 is 1.65 bits per heavy atom.